The van der Waals surface area contributed by atoms with Crippen molar-refractivity contribution < 1.29 is 9.90 Å². The number of hydrogen-bond donors (Lipinski definition) is 2. The molecule has 6 nitrogen and oxygen atoms in total. The molecule has 4 heterocycles. The van der Waals surface area contributed by atoms with Gasteiger partial charge >= 0.3 is 0 Å². The molecule has 2 bridgehead atoms. The van der Waals surface area contributed by atoms with E-state index in [-0.39, 0.29) is 42.0 Å². The minimum absolute atomic E-state index is 0.0458. The van der Waals surface area contributed by atoms with Crippen molar-refractivity contribution in [2.45, 2.75) is 63.6 Å². The molecule has 2 saturated heterocycles. The van der Waals surface area contributed by atoms with E-state index in [2.05, 4.69) is 41.7 Å². The minimum Gasteiger partial charge on any atom is -0.396 e. The Morgan fingerprint density at radius 1 is 1.06 bits per heavy atom. The van der Waals surface area contributed by atoms with Gasteiger partial charge in [-0.1, -0.05) is 36.4 Å². The number of aliphatic hydroxyl groups is 1. The molecule has 2 aromatic rings. The Labute approximate surface area is 213 Å². The summed E-state index contributed by atoms with van der Waals surface area (Å²) in [6, 6.07) is 14.3. The van der Waals surface area contributed by atoms with Crippen LogP contribution in [0.5, 0.6) is 0 Å². The number of carbonyl (C=O) groups is 1. The van der Waals surface area contributed by atoms with Crippen LogP contribution >= 0.6 is 0 Å². The lowest BCUT2D eigenvalue weighted by molar-refractivity contribution is -0.139. The molecule has 6 heteroatoms. The lowest BCUT2D eigenvalue weighted by Gasteiger charge is -2.36. The average molecular weight is 488 g/mol. The predicted molar refractivity (Wildman–Crippen MR) is 140 cm³/mol. The summed E-state index contributed by atoms with van der Waals surface area (Å²) in [5.74, 6) is 0.213. The zero-order valence-corrected chi connectivity index (χ0v) is 20.9. The fourth-order valence-electron chi connectivity index (χ4n) is 7.07. The molecule has 1 aromatic heterocycles. The highest BCUT2D eigenvalue weighted by molar-refractivity contribution is 5.81. The number of aromatic nitrogens is 1. The number of aliphatic hydroxyl groups excluding tert-OH is 1. The Bertz CT molecular complexity index is 1200. The smallest absolute Gasteiger partial charge is 0.258 e. The Kier molecular flexibility index (Phi) is 6.57. The maximum Gasteiger partial charge on any atom is 0.258 e. The second-order valence-corrected chi connectivity index (χ2v) is 11.1. The van der Waals surface area contributed by atoms with Crippen LogP contribution in [-0.2, 0) is 17.8 Å². The summed E-state index contributed by atoms with van der Waals surface area (Å²) in [4.78, 5) is 29.4. The first-order valence-electron chi connectivity index (χ1n) is 13.8. The quantitative estimate of drug-likeness (QED) is 0.677. The second kappa shape index (κ2) is 9.98. The molecule has 0 spiro atoms. The summed E-state index contributed by atoms with van der Waals surface area (Å²) >= 11 is 0. The summed E-state index contributed by atoms with van der Waals surface area (Å²) in [6.07, 6.45) is 9.61. The monoisotopic (exact) mass is 487 g/mol. The van der Waals surface area contributed by atoms with Crippen molar-refractivity contribution >= 4 is 11.5 Å². The summed E-state index contributed by atoms with van der Waals surface area (Å²) in [5, 5.41) is 13.9. The van der Waals surface area contributed by atoms with Crippen molar-refractivity contribution in [2.24, 2.45) is 17.8 Å². The summed E-state index contributed by atoms with van der Waals surface area (Å²) in [5.41, 5.74) is 4.29. The zero-order valence-electron chi connectivity index (χ0n) is 20.9. The van der Waals surface area contributed by atoms with Crippen LogP contribution in [0.25, 0.3) is 5.57 Å². The number of carbonyl (C=O) groups excluding carboxylic acids is 1. The van der Waals surface area contributed by atoms with Crippen molar-refractivity contribution in [1.29, 1.82) is 0 Å². The molecule has 1 aromatic carbocycles. The topological polar surface area (TPSA) is 74.6 Å². The molecule has 0 unspecified atom stereocenters. The zero-order chi connectivity index (χ0) is 24.6. The molecule has 2 N–H and O–H groups in total. The maximum absolute atomic E-state index is 13.9. The van der Waals surface area contributed by atoms with Gasteiger partial charge in [-0.2, -0.15) is 0 Å². The number of pyridine rings is 1. The molecule has 2 fully saturated rings. The number of fused-ring (bicyclic) bond motifs is 4. The number of piperidine rings is 1. The van der Waals surface area contributed by atoms with E-state index in [1.54, 1.807) is 0 Å². The van der Waals surface area contributed by atoms with Gasteiger partial charge in [-0.25, -0.2) is 0 Å². The van der Waals surface area contributed by atoms with Crippen LogP contribution in [0, 0.1) is 17.8 Å². The van der Waals surface area contributed by atoms with Gasteiger partial charge in [-0.05, 0) is 74.1 Å². The largest absolute Gasteiger partial charge is 0.396 e. The van der Waals surface area contributed by atoms with Gasteiger partial charge in [-0.15, -0.1) is 0 Å². The summed E-state index contributed by atoms with van der Waals surface area (Å²) in [6.45, 7) is 2.00. The van der Waals surface area contributed by atoms with E-state index in [1.807, 2.05) is 21.6 Å². The number of likely N-dealkylation sites (tertiary alicyclic amines) is 1. The fraction of sp³-hybridized carbons (Fsp3) is 0.533. The molecule has 3 aliphatic heterocycles. The van der Waals surface area contributed by atoms with Crippen LogP contribution in [0.2, 0.25) is 0 Å². The van der Waals surface area contributed by atoms with E-state index >= 15 is 0 Å². The third kappa shape index (κ3) is 4.24. The highest BCUT2D eigenvalue weighted by Gasteiger charge is 2.52. The third-order valence-electron chi connectivity index (χ3n) is 9.06. The first-order valence-corrected chi connectivity index (χ1v) is 13.8. The predicted octanol–water partition coefficient (Wildman–Crippen LogP) is 3.54. The highest BCUT2D eigenvalue weighted by Crippen LogP contribution is 2.42. The minimum atomic E-state index is -0.335. The van der Waals surface area contributed by atoms with Gasteiger partial charge in [0.05, 0.1) is 12.0 Å². The van der Waals surface area contributed by atoms with Crippen LogP contribution in [0.4, 0.5) is 0 Å². The van der Waals surface area contributed by atoms with Crippen LogP contribution in [0.1, 0.15) is 61.4 Å². The van der Waals surface area contributed by atoms with E-state index < -0.39 is 0 Å². The Morgan fingerprint density at radius 2 is 1.86 bits per heavy atom. The van der Waals surface area contributed by atoms with Gasteiger partial charge in [0, 0.05) is 49.5 Å². The SMILES string of the molecule is O=C([C@H]1[C@H](CO)[C@H]2Cn3c(ccc(C4=CCCCC4)c3=O)[C@@H]1N2)N1CCC(Cc2ccccc2)CC1. The Hall–Kier alpha value is -2.70. The van der Waals surface area contributed by atoms with E-state index in [0.29, 0.717) is 12.5 Å². The maximum atomic E-state index is 13.9. The molecular weight excluding hydrogens is 450 g/mol. The first kappa shape index (κ1) is 23.7. The average Bonchev–Trinajstić information content (AvgIpc) is 3.22. The molecule has 0 radical (unpaired) electrons. The standard InChI is InChI=1S/C30H37N3O3/c34-19-24-25-18-33-26(12-11-23(29(33)35)22-9-5-2-6-10-22)28(31-25)27(24)30(36)32-15-13-21(14-16-32)17-20-7-3-1-4-8-20/h1,3-4,7-9,11-12,21,24-25,27-28,31,34H,2,5-6,10,13-19H2/t24-,25-,27+,28+/m1/s1. The van der Waals surface area contributed by atoms with Gasteiger partial charge in [0.15, 0.2) is 0 Å². The van der Waals surface area contributed by atoms with Crippen molar-refractivity contribution in [3.63, 3.8) is 0 Å². The Morgan fingerprint density at radius 3 is 2.58 bits per heavy atom. The van der Waals surface area contributed by atoms with E-state index in [0.717, 1.165) is 68.4 Å². The van der Waals surface area contributed by atoms with Crippen LogP contribution in [0.15, 0.2) is 53.3 Å². The van der Waals surface area contributed by atoms with Gasteiger partial charge in [0.2, 0.25) is 5.91 Å². The van der Waals surface area contributed by atoms with Crippen molar-refractivity contribution in [3.8, 4) is 0 Å². The molecule has 4 aliphatic rings. The van der Waals surface area contributed by atoms with Crippen molar-refractivity contribution in [2.75, 3.05) is 19.7 Å². The van der Waals surface area contributed by atoms with Gasteiger partial charge < -0.3 is 19.9 Å². The summed E-state index contributed by atoms with van der Waals surface area (Å²) < 4.78 is 1.89. The van der Waals surface area contributed by atoms with Crippen LogP contribution in [-0.4, -0.2) is 46.2 Å². The number of allylic oxidation sites excluding steroid dienone is 2. The van der Waals surface area contributed by atoms with Crippen LogP contribution < -0.4 is 10.9 Å². The van der Waals surface area contributed by atoms with E-state index in [9.17, 15) is 14.7 Å². The van der Waals surface area contributed by atoms with E-state index in [4.69, 9.17) is 0 Å². The highest BCUT2D eigenvalue weighted by atomic mass is 16.3. The van der Waals surface area contributed by atoms with Crippen molar-refractivity contribution in [3.05, 3.63) is 75.7 Å². The van der Waals surface area contributed by atoms with Gasteiger partial charge in [0.1, 0.15) is 0 Å². The fourth-order valence-corrected chi connectivity index (χ4v) is 7.07. The molecule has 6 rings (SSSR count). The van der Waals surface area contributed by atoms with Gasteiger partial charge in [-0.3, -0.25) is 9.59 Å². The van der Waals surface area contributed by atoms with E-state index in [1.165, 1.54) is 12.0 Å². The molecule has 190 valence electrons. The lowest BCUT2D eigenvalue weighted by atomic mass is 9.84. The lowest BCUT2D eigenvalue weighted by Crippen LogP contribution is -2.45. The second-order valence-electron chi connectivity index (χ2n) is 11.1. The molecule has 36 heavy (non-hydrogen) atoms. The Balaban J connectivity index is 1.21. The molecular formula is C30H37N3O3. The number of nitrogens with one attached hydrogen (secondary N) is 1. The molecule has 1 amide bonds. The number of nitrogens with zero attached hydrogens (tertiary/aromatic N) is 2. The number of hydrogen-bond acceptors (Lipinski definition) is 4. The van der Waals surface area contributed by atoms with Gasteiger partial charge in [0.25, 0.3) is 5.56 Å². The summed E-state index contributed by atoms with van der Waals surface area (Å²) in [7, 11) is 0. The third-order valence-corrected chi connectivity index (χ3v) is 9.06. The number of rotatable bonds is 5. The van der Waals surface area contributed by atoms with Crippen LogP contribution in [0.3, 0.4) is 0 Å². The molecule has 1 aliphatic carbocycles. The normalized spacial score (nSPS) is 28.0. The number of amides is 1. The molecule has 4 atom stereocenters. The van der Waals surface area contributed by atoms with Crippen molar-refractivity contribution in [1.82, 2.24) is 14.8 Å². The molecule has 0 saturated carbocycles. The first-order chi connectivity index (χ1) is 17.6. The number of benzene rings is 1.